The highest BCUT2D eigenvalue weighted by Gasteiger charge is 2.12. The number of para-hydroxylation sites is 1. The standard InChI is InChI=1S/C15H15NO2/c1-2-18-15-9-4-3-8-13(15)14(17)11-12-7-5-6-10-16-12/h3-10H,2,11H2,1H3. The molecule has 0 aliphatic rings. The van der Waals surface area contributed by atoms with E-state index in [-0.39, 0.29) is 5.78 Å². The highest BCUT2D eigenvalue weighted by Crippen LogP contribution is 2.19. The molecule has 18 heavy (non-hydrogen) atoms. The summed E-state index contributed by atoms with van der Waals surface area (Å²) in [6.07, 6.45) is 1.99. The van der Waals surface area contributed by atoms with Gasteiger partial charge in [0.25, 0.3) is 0 Å². The normalized spacial score (nSPS) is 10.1. The van der Waals surface area contributed by atoms with Crippen molar-refractivity contribution in [3.63, 3.8) is 0 Å². The number of ketones is 1. The van der Waals surface area contributed by atoms with E-state index in [1.54, 1.807) is 12.3 Å². The van der Waals surface area contributed by atoms with E-state index in [2.05, 4.69) is 4.98 Å². The number of carbonyl (C=O) groups is 1. The van der Waals surface area contributed by atoms with Gasteiger partial charge in [-0.1, -0.05) is 18.2 Å². The summed E-state index contributed by atoms with van der Waals surface area (Å²) in [7, 11) is 0. The molecule has 0 aliphatic heterocycles. The molecule has 0 N–H and O–H groups in total. The van der Waals surface area contributed by atoms with Crippen molar-refractivity contribution in [1.29, 1.82) is 0 Å². The van der Waals surface area contributed by atoms with Crippen molar-refractivity contribution in [3.8, 4) is 5.75 Å². The zero-order chi connectivity index (χ0) is 12.8. The van der Waals surface area contributed by atoms with E-state index in [1.807, 2.05) is 43.3 Å². The lowest BCUT2D eigenvalue weighted by molar-refractivity contribution is 0.0988. The highest BCUT2D eigenvalue weighted by molar-refractivity contribution is 5.99. The Morgan fingerprint density at radius 1 is 1.17 bits per heavy atom. The summed E-state index contributed by atoms with van der Waals surface area (Å²) in [6.45, 7) is 2.45. The van der Waals surface area contributed by atoms with Crippen LogP contribution >= 0.6 is 0 Å². The maximum atomic E-state index is 12.2. The number of benzene rings is 1. The van der Waals surface area contributed by atoms with Crippen LogP contribution in [0.2, 0.25) is 0 Å². The molecule has 0 amide bonds. The quantitative estimate of drug-likeness (QED) is 0.755. The summed E-state index contributed by atoms with van der Waals surface area (Å²) in [6, 6.07) is 12.9. The van der Waals surface area contributed by atoms with Crippen molar-refractivity contribution >= 4 is 5.78 Å². The van der Waals surface area contributed by atoms with Crippen LogP contribution in [0.1, 0.15) is 23.0 Å². The van der Waals surface area contributed by atoms with Gasteiger partial charge >= 0.3 is 0 Å². The third-order valence-corrected chi connectivity index (χ3v) is 2.56. The van der Waals surface area contributed by atoms with Crippen molar-refractivity contribution in [3.05, 3.63) is 59.9 Å². The Morgan fingerprint density at radius 2 is 1.94 bits per heavy atom. The van der Waals surface area contributed by atoms with E-state index < -0.39 is 0 Å². The molecular weight excluding hydrogens is 226 g/mol. The third-order valence-electron chi connectivity index (χ3n) is 2.56. The Balaban J connectivity index is 2.19. The van der Waals surface area contributed by atoms with Crippen LogP contribution in [-0.2, 0) is 6.42 Å². The van der Waals surface area contributed by atoms with Crippen molar-refractivity contribution in [2.45, 2.75) is 13.3 Å². The minimum atomic E-state index is 0.0257. The van der Waals surface area contributed by atoms with Crippen LogP contribution in [-0.4, -0.2) is 17.4 Å². The van der Waals surface area contributed by atoms with Gasteiger partial charge in [-0.15, -0.1) is 0 Å². The summed E-state index contributed by atoms with van der Waals surface area (Å²) in [4.78, 5) is 16.3. The van der Waals surface area contributed by atoms with Crippen LogP contribution in [0.25, 0.3) is 0 Å². The lowest BCUT2D eigenvalue weighted by Crippen LogP contribution is -2.07. The van der Waals surface area contributed by atoms with Gasteiger partial charge in [0.05, 0.1) is 18.6 Å². The van der Waals surface area contributed by atoms with Gasteiger partial charge in [0.15, 0.2) is 5.78 Å². The van der Waals surface area contributed by atoms with Gasteiger partial charge < -0.3 is 4.74 Å². The fourth-order valence-corrected chi connectivity index (χ4v) is 1.74. The molecule has 2 rings (SSSR count). The molecule has 1 aromatic carbocycles. The Morgan fingerprint density at radius 3 is 2.67 bits per heavy atom. The average molecular weight is 241 g/mol. The molecule has 0 bridgehead atoms. The van der Waals surface area contributed by atoms with Crippen molar-refractivity contribution in [2.24, 2.45) is 0 Å². The summed E-state index contributed by atoms with van der Waals surface area (Å²) < 4.78 is 5.45. The number of ether oxygens (including phenoxy) is 1. The highest BCUT2D eigenvalue weighted by atomic mass is 16.5. The van der Waals surface area contributed by atoms with Gasteiger partial charge in [-0.25, -0.2) is 0 Å². The first-order chi connectivity index (χ1) is 8.81. The van der Waals surface area contributed by atoms with E-state index in [0.29, 0.717) is 24.3 Å². The van der Waals surface area contributed by atoms with Gasteiger partial charge in [0.2, 0.25) is 0 Å². The number of hydrogen-bond acceptors (Lipinski definition) is 3. The number of carbonyl (C=O) groups excluding carboxylic acids is 1. The van der Waals surface area contributed by atoms with Gasteiger partial charge in [-0.05, 0) is 31.2 Å². The first-order valence-electron chi connectivity index (χ1n) is 5.96. The molecule has 0 saturated heterocycles. The molecular formula is C15H15NO2. The van der Waals surface area contributed by atoms with E-state index in [4.69, 9.17) is 4.74 Å². The maximum absolute atomic E-state index is 12.2. The van der Waals surface area contributed by atoms with Gasteiger partial charge in [-0.2, -0.15) is 0 Å². The molecule has 3 heteroatoms. The summed E-state index contributed by atoms with van der Waals surface area (Å²) in [5.41, 5.74) is 1.39. The van der Waals surface area contributed by atoms with Gasteiger partial charge in [-0.3, -0.25) is 9.78 Å². The molecule has 0 atom stereocenters. The molecule has 1 heterocycles. The fourth-order valence-electron chi connectivity index (χ4n) is 1.74. The molecule has 0 saturated carbocycles. The van der Waals surface area contributed by atoms with Crippen LogP contribution in [0.3, 0.4) is 0 Å². The zero-order valence-corrected chi connectivity index (χ0v) is 10.3. The third kappa shape index (κ3) is 2.94. The van der Waals surface area contributed by atoms with E-state index in [0.717, 1.165) is 5.69 Å². The van der Waals surface area contributed by atoms with Crippen LogP contribution in [0.5, 0.6) is 5.75 Å². The van der Waals surface area contributed by atoms with E-state index in [9.17, 15) is 4.79 Å². The second kappa shape index (κ2) is 5.96. The predicted molar refractivity (Wildman–Crippen MR) is 69.9 cm³/mol. The summed E-state index contributed by atoms with van der Waals surface area (Å²) in [5, 5.41) is 0. The number of pyridine rings is 1. The molecule has 92 valence electrons. The molecule has 0 aliphatic carbocycles. The minimum absolute atomic E-state index is 0.0257. The predicted octanol–water partition coefficient (Wildman–Crippen LogP) is 2.91. The average Bonchev–Trinajstić information content (AvgIpc) is 2.41. The van der Waals surface area contributed by atoms with Crippen molar-refractivity contribution < 1.29 is 9.53 Å². The topological polar surface area (TPSA) is 39.2 Å². The lowest BCUT2D eigenvalue weighted by atomic mass is 10.1. The lowest BCUT2D eigenvalue weighted by Gasteiger charge is -2.08. The van der Waals surface area contributed by atoms with Crippen LogP contribution in [0, 0.1) is 0 Å². The number of rotatable bonds is 5. The molecule has 0 fully saturated rings. The monoisotopic (exact) mass is 241 g/mol. The smallest absolute Gasteiger partial charge is 0.172 e. The Bertz CT molecular complexity index is 523. The van der Waals surface area contributed by atoms with E-state index in [1.165, 1.54) is 0 Å². The van der Waals surface area contributed by atoms with Crippen molar-refractivity contribution in [2.75, 3.05) is 6.61 Å². The summed E-state index contributed by atoms with van der Waals surface area (Å²) in [5.74, 6) is 0.665. The molecule has 1 aromatic heterocycles. The van der Waals surface area contributed by atoms with Crippen LogP contribution in [0.4, 0.5) is 0 Å². The second-order valence-corrected chi connectivity index (χ2v) is 3.85. The number of Topliss-reactive ketones (excluding diaryl/α,β-unsaturated/α-hetero) is 1. The molecule has 3 nitrogen and oxygen atoms in total. The number of nitrogens with zero attached hydrogens (tertiary/aromatic N) is 1. The number of aromatic nitrogens is 1. The second-order valence-electron chi connectivity index (χ2n) is 3.85. The maximum Gasteiger partial charge on any atom is 0.172 e. The van der Waals surface area contributed by atoms with Gasteiger partial charge in [0.1, 0.15) is 5.75 Å². The van der Waals surface area contributed by atoms with Crippen molar-refractivity contribution in [1.82, 2.24) is 4.98 Å². The first-order valence-corrected chi connectivity index (χ1v) is 5.96. The van der Waals surface area contributed by atoms with Crippen LogP contribution < -0.4 is 4.74 Å². The largest absolute Gasteiger partial charge is 0.493 e. The molecule has 0 spiro atoms. The zero-order valence-electron chi connectivity index (χ0n) is 10.3. The molecule has 2 aromatic rings. The van der Waals surface area contributed by atoms with Gasteiger partial charge in [0, 0.05) is 11.9 Å². The Hall–Kier alpha value is -2.16. The first kappa shape index (κ1) is 12.3. The minimum Gasteiger partial charge on any atom is -0.493 e. The Kier molecular flexibility index (Phi) is 4.07. The molecule has 0 radical (unpaired) electrons. The Labute approximate surface area is 106 Å². The summed E-state index contributed by atoms with van der Waals surface area (Å²) >= 11 is 0. The molecule has 0 unspecified atom stereocenters. The van der Waals surface area contributed by atoms with E-state index >= 15 is 0 Å². The SMILES string of the molecule is CCOc1ccccc1C(=O)Cc1ccccn1. The number of hydrogen-bond donors (Lipinski definition) is 0. The van der Waals surface area contributed by atoms with Crippen LogP contribution in [0.15, 0.2) is 48.7 Å². The fraction of sp³-hybridized carbons (Fsp3) is 0.200.